The largest absolute Gasteiger partial charge is 0.496 e. The van der Waals surface area contributed by atoms with Gasteiger partial charge in [0.1, 0.15) is 17.0 Å². The van der Waals surface area contributed by atoms with Crippen molar-refractivity contribution in [1.82, 2.24) is 24.5 Å². The van der Waals surface area contributed by atoms with Crippen molar-refractivity contribution in [2.24, 2.45) is 0 Å². The van der Waals surface area contributed by atoms with Crippen LogP contribution in [0, 0.1) is 0 Å². The van der Waals surface area contributed by atoms with E-state index in [0.717, 1.165) is 16.9 Å². The first-order valence-corrected chi connectivity index (χ1v) is 11.1. The molecule has 0 aliphatic rings. The predicted octanol–water partition coefficient (Wildman–Crippen LogP) is 3.86. The Bertz CT molecular complexity index is 1320. The first-order valence-electron chi connectivity index (χ1n) is 11.1. The number of hydrogen-bond acceptors (Lipinski definition) is 6. The van der Waals surface area contributed by atoms with Crippen LogP contribution < -0.4 is 15.4 Å². The third-order valence-corrected chi connectivity index (χ3v) is 4.97. The molecule has 0 saturated heterocycles. The van der Waals surface area contributed by atoms with Crippen LogP contribution in [0.4, 0.5) is 10.5 Å². The molecule has 0 radical (unpaired) electrons. The summed E-state index contributed by atoms with van der Waals surface area (Å²) in [5, 5.41) is 9.87. The second-order valence-corrected chi connectivity index (χ2v) is 8.97. The maximum atomic E-state index is 13.0. The second kappa shape index (κ2) is 9.88. The Morgan fingerprint density at radius 2 is 1.94 bits per heavy atom. The summed E-state index contributed by atoms with van der Waals surface area (Å²) in [6.45, 7) is 6.05. The number of carbonyl (C=O) groups is 2. The summed E-state index contributed by atoms with van der Waals surface area (Å²) in [4.78, 5) is 29.5. The van der Waals surface area contributed by atoms with Crippen LogP contribution in [0.25, 0.3) is 5.65 Å². The lowest BCUT2D eigenvalue weighted by Crippen LogP contribution is -2.32. The summed E-state index contributed by atoms with van der Waals surface area (Å²) in [5.41, 5.74) is 2.72. The summed E-state index contributed by atoms with van der Waals surface area (Å²) in [6.07, 6.45) is 6.66. The Morgan fingerprint density at radius 3 is 2.69 bits per heavy atom. The summed E-state index contributed by atoms with van der Waals surface area (Å²) in [6, 6.07) is 10.9. The monoisotopic (exact) mass is 476 g/mol. The van der Waals surface area contributed by atoms with Crippen molar-refractivity contribution in [3.8, 4) is 5.75 Å². The van der Waals surface area contributed by atoms with Gasteiger partial charge in [0.25, 0.3) is 5.91 Å². The SMILES string of the molecule is COc1ccc(CNC(=O)OC(C)(C)C)cc1C(=O)Nc1cnn(Cc2cn3ccccc3n2)c1. The quantitative estimate of drug-likeness (QED) is 0.419. The fraction of sp³-hybridized carbons (Fsp3) is 0.280. The summed E-state index contributed by atoms with van der Waals surface area (Å²) >= 11 is 0. The average Bonchev–Trinajstić information content (AvgIpc) is 3.42. The molecule has 3 heterocycles. The van der Waals surface area contributed by atoms with E-state index < -0.39 is 11.7 Å². The first kappa shape index (κ1) is 23.8. The Kier molecular flexibility index (Phi) is 6.72. The Morgan fingerprint density at radius 1 is 1.11 bits per heavy atom. The van der Waals surface area contributed by atoms with Crippen molar-refractivity contribution in [2.75, 3.05) is 12.4 Å². The maximum absolute atomic E-state index is 13.0. The number of rotatable bonds is 7. The summed E-state index contributed by atoms with van der Waals surface area (Å²) in [5.74, 6) is 0.0638. The molecule has 0 unspecified atom stereocenters. The van der Waals surface area contributed by atoms with Gasteiger partial charge in [-0.05, 0) is 50.6 Å². The predicted molar refractivity (Wildman–Crippen MR) is 131 cm³/mol. The number of amides is 2. The second-order valence-electron chi connectivity index (χ2n) is 8.97. The molecule has 2 amide bonds. The van der Waals surface area contributed by atoms with Gasteiger partial charge < -0.3 is 24.5 Å². The number of ether oxygens (including phenoxy) is 2. The number of nitrogens with one attached hydrogen (secondary N) is 2. The van der Waals surface area contributed by atoms with E-state index in [-0.39, 0.29) is 12.5 Å². The number of benzene rings is 1. The Labute approximate surface area is 202 Å². The lowest BCUT2D eigenvalue weighted by Gasteiger charge is -2.19. The molecular weight excluding hydrogens is 448 g/mol. The van der Waals surface area contributed by atoms with Crippen molar-refractivity contribution < 1.29 is 19.1 Å². The number of fused-ring (bicyclic) bond motifs is 1. The van der Waals surface area contributed by atoms with Crippen LogP contribution in [-0.4, -0.2) is 43.9 Å². The van der Waals surface area contributed by atoms with Crippen LogP contribution in [0.1, 0.15) is 42.4 Å². The third kappa shape index (κ3) is 6.17. The highest BCUT2D eigenvalue weighted by atomic mass is 16.6. The molecule has 0 bridgehead atoms. The number of alkyl carbamates (subject to hydrolysis) is 1. The van der Waals surface area contributed by atoms with E-state index >= 15 is 0 Å². The van der Waals surface area contributed by atoms with Crippen LogP contribution in [0.5, 0.6) is 5.75 Å². The molecule has 1 aromatic carbocycles. The number of anilines is 1. The number of nitrogens with zero attached hydrogens (tertiary/aromatic N) is 4. The Balaban J connectivity index is 1.42. The number of imidazole rings is 1. The first-order chi connectivity index (χ1) is 16.7. The zero-order valence-corrected chi connectivity index (χ0v) is 20.1. The summed E-state index contributed by atoms with van der Waals surface area (Å²) in [7, 11) is 1.50. The molecule has 2 N–H and O–H groups in total. The smallest absolute Gasteiger partial charge is 0.407 e. The highest BCUT2D eigenvalue weighted by Crippen LogP contribution is 2.22. The Hall–Kier alpha value is -4.34. The number of aromatic nitrogens is 4. The molecule has 4 rings (SSSR count). The number of methoxy groups -OCH3 is 1. The molecule has 10 heteroatoms. The molecule has 0 saturated carbocycles. The molecule has 35 heavy (non-hydrogen) atoms. The fourth-order valence-corrected chi connectivity index (χ4v) is 3.47. The van der Waals surface area contributed by atoms with Gasteiger partial charge in [-0.25, -0.2) is 9.78 Å². The molecule has 182 valence electrons. The van der Waals surface area contributed by atoms with Gasteiger partial charge in [0, 0.05) is 25.1 Å². The lowest BCUT2D eigenvalue weighted by molar-refractivity contribution is 0.0523. The maximum Gasteiger partial charge on any atom is 0.407 e. The van der Waals surface area contributed by atoms with Crippen molar-refractivity contribution in [3.63, 3.8) is 0 Å². The number of carbonyl (C=O) groups excluding carboxylic acids is 2. The minimum Gasteiger partial charge on any atom is -0.496 e. The van der Waals surface area contributed by atoms with Gasteiger partial charge in [0.05, 0.1) is 36.8 Å². The van der Waals surface area contributed by atoms with Gasteiger partial charge in [0.15, 0.2) is 0 Å². The molecule has 10 nitrogen and oxygen atoms in total. The number of pyridine rings is 1. The van der Waals surface area contributed by atoms with Crippen LogP contribution >= 0.6 is 0 Å². The van der Waals surface area contributed by atoms with Gasteiger partial charge >= 0.3 is 6.09 Å². The van der Waals surface area contributed by atoms with Crippen molar-refractivity contribution in [2.45, 2.75) is 39.5 Å². The van der Waals surface area contributed by atoms with Gasteiger partial charge in [-0.15, -0.1) is 0 Å². The molecule has 0 spiro atoms. The van der Waals surface area contributed by atoms with E-state index in [4.69, 9.17) is 9.47 Å². The molecule has 4 aromatic rings. The molecule has 0 fully saturated rings. The van der Waals surface area contributed by atoms with Gasteiger partial charge in [-0.2, -0.15) is 5.10 Å². The summed E-state index contributed by atoms with van der Waals surface area (Å²) < 4.78 is 14.3. The third-order valence-electron chi connectivity index (χ3n) is 4.97. The van der Waals surface area contributed by atoms with Gasteiger partial charge in [-0.3, -0.25) is 9.48 Å². The van der Waals surface area contributed by atoms with E-state index in [1.54, 1.807) is 56.0 Å². The standard InChI is InChI=1S/C25H28N6O4/c1-25(2,3)35-24(33)26-12-17-8-9-21(34-4)20(11-17)23(32)29-18-13-27-31(15-18)16-19-14-30-10-6-5-7-22(30)28-19/h5-11,13-15H,12,16H2,1-4H3,(H,26,33)(H,29,32). The molecule has 0 aliphatic carbocycles. The van der Waals surface area contributed by atoms with Crippen molar-refractivity contribution >= 4 is 23.3 Å². The normalized spacial score (nSPS) is 11.3. The van der Waals surface area contributed by atoms with Crippen LogP contribution in [0.15, 0.2) is 61.2 Å². The number of hydrogen-bond donors (Lipinski definition) is 2. The molecule has 0 atom stereocenters. The van der Waals surface area contributed by atoms with E-state index in [9.17, 15) is 9.59 Å². The van der Waals surface area contributed by atoms with Crippen LogP contribution in [0.3, 0.4) is 0 Å². The van der Waals surface area contributed by atoms with Crippen LogP contribution in [-0.2, 0) is 17.8 Å². The van der Waals surface area contributed by atoms with E-state index in [1.165, 1.54) is 7.11 Å². The van der Waals surface area contributed by atoms with Gasteiger partial charge in [-0.1, -0.05) is 12.1 Å². The topological polar surface area (TPSA) is 112 Å². The van der Waals surface area contributed by atoms with E-state index in [2.05, 4.69) is 20.7 Å². The average molecular weight is 477 g/mol. The zero-order valence-electron chi connectivity index (χ0n) is 20.1. The van der Waals surface area contributed by atoms with E-state index in [1.807, 2.05) is 35.0 Å². The van der Waals surface area contributed by atoms with Gasteiger partial charge in [0.2, 0.25) is 0 Å². The molecule has 3 aromatic heterocycles. The highest BCUT2D eigenvalue weighted by Gasteiger charge is 2.17. The van der Waals surface area contributed by atoms with Crippen molar-refractivity contribution in [3.05, 3.63) is 78.0 Å². The fourth-order valence-electron chi connectivity index (χ4n) is 3.47. The van der Waals surface area contributed by atoms with Crippen LogP contribution in [0.2, 0.25) is 0 Å². The van der Waals surface area contributed by atoms with E-state index in [0.29, 0.717) is 23.5 Å². The molecular formula is C25H28N6O4. The lowest BCUT2D eigenvalue weighted by atomic mass is 10.1. The molecule has 0 aliphatic heterocycles. The highest BCUT2D eigenvalue weighted by molar-refractivity contribution is 6.06. The van der Waals surface area contributed by atoms with Crippen molar-refractivity contribution in [1.29, 1.82) is 0 Å². The zero-order chi connectivity index (χ0) is 25.0. The minimum absolute atomic E-state index is 0.204. The minimum atomic E-state index is -0.593.